The topological polar surface area (TPSA) is 38.3 Å². The molecule has 0 saturated carbocycles. The summed E-state index contributed by atoms with van der Waals surface area (Å²) >= 11 is 5.99. The van der Waals surface area contributed by atoms with Gasteiger partial charge in [-0.05, 0) is 24.3 Å². The van der Waals surface area contributed by atoms with E-state index in [2.05, 4.69) is 5.09 Å². The van der Waals surface area contributed by atoms with Crippen molar-refractivity contribution < 1.29 is 9.09 Å². The number of benzene rings is 2. The van der Waals surface area contributed by atoms with Gasteiger partial charge in [-0.3, -0.25) is 4.57 Å². The second-order valence-electron chi connectivity index (χ2n) is 3.84. The van der Waals surface area contributed by atoms with E-state index in [9.17, 15) is 4.57 Å². The zero-order valence-electron chi connectivity index (χ0n) is 9.84. The van der Waals surface area contributed by atoms with Gasteiger partial charge in [-0.1, -0.05) is 41.9 Å². The van der Waals surface area contributed by atoms with Crippen molar-refractivity contribution in [2.45, 2.75) is 0 Å². The summed E-state index contributed by atoms with van der Waals surface area (Å²) in [7, 11) is -3.00. The van der Waals surface area contributed by atoms with Gasteiger partial charge in [0.2, 0.25) is 0 Å². The average molecular weight is 282 g/mol. The van der Waals surface area contributed by atoms with E-state index in [4.69, 9.17) is 16.1 Å². The van der Waals surface area contributed by atoms with Crippen molar-refractivity contribution >= 4 is 24.8 Å². The fraction of sp³-hybridized carbons (Fsp3) is 0.0769. The zero-order valence-corrected chi connectivity index (χ0v) is 11.5. The third-order valence-electron chi connectivity index (χ3n) is 2.22. The Morgan fingerprint density at radius 3 is 2.33 bits per heavy atom. The molecule has 2 aromatic rings. The first kappa shape index (κ1) is 13.0. The van der Waals surface area contributed by atoms with Gasteiger partial charge in [0.1, 0.15) is 5.75 Å². The summed E-state index contributed by atoms with van der Waals surface area (Å²) in [6.45, 7) is 1.52. The van der Waals surface area contributed by atoms with Crippen LogP contribution in [-0.4, -0.2) is 6.66 Å². The van der Waals surface area contributed by atoms with Gasteiger partial charge < -0.3 is 9.61 Å². The molecule has 1 unspecified atom stereocenters. The maximum Gasteiger partial charge on any atom is 0.338 e. The van der Waals surface area contributed by atoms with Crippen molar-refractivity contribution in [1.29, 1.82) is 0 Å². The molecule has 0 amide bonds. The Labute approximate surface area is 111 Å². The predicted molar refractivity (Wildman–Crippen MR) is 75.7 cm³/mol. The van der Waals surface area contributed by atoms with Gasteiger partial charge in [-0.15, -0.1) is 0 Å². The van der Waals surface area contributed by atoms with E-state index in [1.807, 2.05) is 30.3 Å². The summed E-state index contributed by atoms with van der Waals surface area (Å²) in [5.74, 6) is 0.558. The minimum absolute atomic E-state index is 0.510. The lowest BCUT2D eigenvalue weighted by molar-refractivity contribution is 0.493. The van der Waals surface area contributed by atoms with Gasteiger partial charge in [0.15, 0.2) is 0 Å². The second kappa shape index (κ2) is 5.47. The minimum atomic E-state index is -3.00. The third kappa shape index (κ3) is 3.52. The molecule has 0 aliphatic heterocycles. The molecule has 1 N–H and O–H groups in total. The fourth-order valence-electron chi connectivity index (χ4n) is 1.48. The number of hydrogen-bond acceptors (Lipinski definition) is 2. The van der Waals surface area contributed by atoms with E-state index in [0.29, 0.717) is 16.5 Å². The Morgan fingerprint density at radius 2 is 1.67 bits per heavy atom. The first-order valence-corrected chi connectivity index (χ1v) is 7.87. The van der Waals surface area contributed by atoms with Crippen LogP contribution in [0, 0.1) is 0 Å². The van der Waals surface area contributed by atoms with Crippen LogP contribution in [0.2, 0.25) is 5.02 Å². The number of rotatable bonds is 4. The molecular weight excluding hydrogens is 269 g/mol. The van der Waals surface area contributed by atoms with Gasteiger partial charge in [0.05, 0.1) is 10.7 Å². The second-order valence-corrected chi connectivity index (χ2v) is 6.35. The van der Waals surface area contributed by atoms with Gasteiger partial charge in [0.25, 0.3) is 0 Å². The van der Waals surface area contributed by atoms with Crippen LogP contribution in [0.15, 0.2) is 54.6 Å². The summed E-state index contributed by atoms with van der Waals surface area (Å²) in [5, 5.41) is 3.35. The van der Waals surface area contributed by atoms with E-state index in [1.165, 1.54) is 6.66 Å². The SMILES string of the molecule is CP(=O)(Nc1ccccc1Cl)Oc1ccccc1. The van der Waals surface area contributed by atoms with Crippen molar-refractivity contribution in [2.75, 3.05) is 11.8 Å². The van der Waals surface area contributed by atoms with Crippen molar-refractivity contribution in [2.24, 2.45) is 0 Å². The van der Waals surface area contributed by atoms with Crippen LogP contribution in [0.5, 0.6) is 5.75 Å². The van der Waals surface area contributed by atoms with E-state index in [-0.39, 0.29) is 0 Å². The van der Waals surface area contributed by atoms with Crippen LogP contribution in [-0.2, 0) is 4.57 Å². The smallest absolute Gasteiger partial charge is 0.338 e. The van der Waals surface area contributed by atoms with Crippen molar-refractivity contribution in [3.8, 4) is 5.75 Å². The number of para-hydroxylation sites is 2. The van der Waals surface area contributed by atoms with Crippen LogP contribution in [0.3, 0.4) is 0 Å². The summed E-state index contributed by atoms with van der Waals surface area (Å²) in [4.78, 5) is 0. The van der Waals surface area contributed by atoms with E-state index in [1.54, 1.807) is 24.3 Å². The van der Waals surface area contributed by atoms with E-state index < -0.39 is 7.52 Å². The van der Waals surface area contributed by atoms with Crippen LogP contribution >= 0.6 is 19.1 Å². The number of nitrogens with one attached hydrogen (secondary N) is 1. The van der Waals surface area contributed by atoms with Crippen LogP contribution in [0.1, 0.15) is 0 Å². The van der Waals surface area contributed by atoms with Gasteiger partial charge in [-0.2, -0.15) is 0 Å². The van der Waals surface area contributed by atoms with Crippen LogP contribution in [0.4, 0.5) is 5.69 Å². The molecule has 0 aliphatic rings. The first-order valence-electron chi connectivity index (χ1n) is 5.42. The highest BCUT2D eigenvalue weighted by Crippen LogP contribution is 2.44. The highest BCUT2D eigenvalue weighted by molar-refractivity contribution is 7.60. The molecule has 0 radical (unpaired) electrons. The average Bonchev–Trinajstić information content (AvgIpc) is 2.32. The lowest BCUT2D eigenvalue weighted by Gasteiger charge is -2.18. The summed E-state index contributed by atoms with van der Waals surface area (Å²) < 4.78 is 17.8. The molecule has 0 saturated heterocycles. The minimum Gasteiger partial charge on any atom is -0.429 e. The maximum atomic E-state index is 12.3. The van der Waals surface area contributed by atoms with Gasteiger partial charge in [0, 0.05) is 6.66 Å². The molecule has 3 nitrogen and oxygen atoms in total. The summed E-state index contributed by atoms with van der Waals surface area (Å²) in [6, 6.07) is 16.1. The lowest BCUT2D eigenvalue weighted by atomic mass is 10.3. The molecule has 18 heavy (non-hydrogen) atoms. The standard InChI is InChI=1S/C13H13ClNO2P/c1-18(16,17-11-7-3-2-4-8-11)15-13-10-6-5-9-12(13)14/h2-10H,1H3,(H,15,16). The monoisotopic (exact) mass is 281 g/mol. The Balaban J connectivity index is 2.13. The molecule has 5 heteroatoms. The normalized spacial score (nSPS) is 13.7. The van der Waals surface area contributed by atoms with Crippen molar-refractivity contribution in [1.82, 2.24) is 0 Å². The molecule has 2 rings (SSSR count). The molecule has 2 aromatic carbocycles. The molecule has 0 bridgehead atoms. The highest BCUT2D eigenvalue weighted by Gasteiger charge is 2.18. The Hall–Kier alpha value is -1.44. The maximum absolute atomic E-state index is 12.3. The number of hydrogen-bond donors (Lipinski definition) is 1. The van der Waals surface area contributed by atoms with Crippen molar-refractivity contribution in [3.05, 3.63) is 59.6 Å². The molecule has 0 heterocycles. The first-order chi connectivity index (χ1) is 8.57. The molecular formula is C13H13ClNO2P. The van der Waals surface area contributed by atoms with E-state index in [0.717, 1.165) is 0 Å². The van der Waals surface area contributed by atoms with Crippen LogP contribution in [0.25, 0.3) is 0 Å². The highest BCUT2D eigenvalue weighted by atomic mass is 35.5. The van der Waals surface area contributed by atoms with Gasteiger partial charge >= 0.3 is 7.52 Å². The van der Waals surface area contributed by atoms with Crippen LogP contribution < -0.4 is 9.61 Å². The Morgan fingerprint density at radius 1 is 1.06 bits per heavy atom. The quantitative estimate of drug-likeness (QED) is 0.829. The third-order valence-corrected chi connectivity index (χ3v) is 3.76. The lowest BCUT2D eigenvalue weighted by Crippen LogP contribution is -2.02. The molecule has 0 aromatic heterocycles. The van der Waals surface area contributed by atoms with E-state index >= 15 is 0 Å². The zero-order chi connectivity index (χ0) is 13.0. The summed E-state index contributed by atoms with van der Waals surface area (Å²) in [5.41, 5.74) is 0.598. The predicted octanol–water partition coefficient (Wildman–Crippen LogP) is 4.65. The largest absolute Gasteiger partial charge is 0.429 e. The molecule has 0 spiro atoms. The molecule has 94 valence electrons. The molecule has 1 atom stereocenters. The Kier molecular flexibility index (Phi) is 3.95. The summed E-state index contributed by atoms with van der Waals surface area (Å²) in [6.07, 6.45) is 0. The van der Waals surface area contributed by atoms with Gasteiger partial charge in [-0.25, -0.2) is 0 Å². The number of anilines is 1. The molecule has 0 fully saturated rings. The Bertz CT molecular complexity index is 574. The fourth-order valence-corrected chi connectivity index (χ4v) is 2.93. The molecule has 0 aliphatic carbocycles. The number of halogens is 1. The van der Waals surface area contributed by atoms with Crippen molar-refractivity contribution in [3.63, 3.8) is 0 Å².